The molecule has 65 heavy (non-hydrogen) atoms. The Kier molecular flexibility index (Phi) is 8.96. The van der Waals surface area contributed by atoms with Gasteiger partial charge in [-0.1, -0.05) is 120 Å². The predicted octanol–water partition coefficient (Wildman–Crippen LogP) is 16.1. The molecule has 0 N–H and O–H groups in total. The van der Waals surface area contributed by atoms with Gasteiger partial charge >= 0.3 is 0 Å². The van der Waals surface area contributed by atoms with Crippen LogP contribution in [-0.2, 0) is 0 Å². The first kappa shape index (κ1) is 38.9. The second kappa shape index (κ2) is 15.0. The third-order valence-electron chi connectivity index (χ3n) is 13.5. The number of hydrogen-bond donors (Lipinski definition) is 0. The first-order valence-corrected chi connectivity index (χ1v) is 22.9. The van der Waals surface area contributed by atoms with Crippen LogP contribution in [0.1, 0.15) is 76.0 Å². The molecule has 0 radical (unpaired) electrons. The molecule has 0 unspecified atom stereocenters. The second-order valence-electron chi connectivity index (χ2n) is 18.4. The van der Waals surface area contributed by atoms with Gasteiger partial charge in [-0.15, -0.1) is 0 Å². The fourth-order valence-electron chi connectivity index (χ4n) is 10.4. The summed E-state index contributed by atoms with van der Waals surface area (Å²) in [5, 5.41) is 8.05. The molecule has 316 valence electrons. The van der Waals surface area contributed by atoms with Crippen LogP contribution < -0.4 is 4.74 Å². The summed E-state index contributed by atoms with van der Waals surface area (Å²) in [7, 11) is 0. The van der Waals surface area contributed by atoms with E-state index >= 15 is 0 Å². The van der Waals surface area contributed by atoms with Crippen LogP contribution in [0.3, 0.4) is 0 Å². The number of ether oxygens (including phenoxy) is 1. The van der Waals surface area contributed by atoms with Crippen LogP contribution in [0.2, 0.25) is 0 Å². The summed E-state index contributed by atoms with van der Waals surface area (Å²) in [6.45, 7) is 13.8. The van der Waals surface area contributed by atoms with Crippen molar-refractivity contribution >= 4 is 70.9 Å². The summed E-state index contributed by atoms with van der Waals surface area (Å²) in [5.74, 6) is 3.46. The standard InChI is InChI=1S/C59H49N5O/c1-35(2)38-30-47(36(3)4)56(48(31-38)37(5)6)54-34-61-59-49-32-40(23-25-42(49)43-18-10-12-20-50(43)63(54)59)65-41-24-26-44-45-27-28-52-57(58(45)64(53(44)33-41)55-22-14-15-29-60-55)46-19-11-13-21-51(46)62(52)39-16-8-7-9-17-39/h7-37H,1-6H3. The maximum atomic E-state index is 6.92. The van der Waals surface area contributed by atoms with E-state index in [1.165, 1.54) is 38.4 Å². The molecule has 12 aromatic rings. The summed E-state index contributed by atoms with van der Waals surface area (Å²) < 4.78 is 14.0. The Morgan fingerprint density at radius 3 is 1.83 bits per heavy atom. The quantitative estimate of drug-likeness (QED) is 0.143. The minimum atomic E-state index is 0.341. The molecule has 0 saturated carbocycles. The number of hydrogen-bond acceptors (Lipinski definition) is 3. The van der Waals surface area contributed by atoms with Crippen molar-refractivity contribution in [2.75, 3.05) is 0 Å². The second-order valence-corrected chi connectivity index (χ2v) is 18.4. The molecule has 6 heteroatoms. The normalized spacial score (nSPS) is 12.3. The van der Waals surface area contributed by atoms with Crippen molar-refractivity contribution in [1.82, 2.24) is 23.5 Å². The first-order chi connectivity index (χ1) is 31.7. The molecule has 0 fully saturated rings. The number of para-hydroxylation sites is 3. The zero-order valence-corrected chi connectivity index (χ0v) is 37.5. The molecule has 5 heterocycles. The fraction of sp³-hybridized carbons (Fsp3) is 0.153. The Balaban J connectivity index is 1.05. The van der Waals surface area contributed by atoms with Gasteiger partial charge in [0, 0.05) is 55.8 Å². The van der Waals surface area contributed by atoms with Crippen LogP contribution in [0, 0.1) is 0 Å². The van der Waals surface area contributed by atoms with Gasteiger partial charge in [-0.3, -0.25) is 8.97 Å². The number of rotatable bonds is 8. The van der Waals surface area contributed by atoms with Gasteiger partial charge in [-0.2, -0.15) is 0 Å². The lowest BCUT2D eigenvalue weighted by atomic mass is 9.83. The van der Waals surface area contributed by atoms with Crippen molar-refractivity contribution < 1.29 is 4.74 Å². The molecule has 0 aliphatic heterocycles. The lowest BCUT2D eigenvalue weighted by Gasteiger charge is -2.23. The van der Waals surface area contributed by atoms with Gasteiger partial charge in [0.1, 0.15) is 23.0 Å². The maximum Gasteiger partial charge on any atom is 0.145 e. The van der Waals surface area contributed by atoms with E-state index < -0.39 is 0 Å². The predicted molar refractivity (Wildman–Crippen MR) is 271 cm³/mol. The average molecular weight is 844 g/mol. The highest BCUT2D eigenvalue weighted by Crippen LogP contribution is 2.45. The zero-order valence-electron chi connectivity index (χ0n) is 37.5. The summed E-state index contributed by atoms with van der Waals surface area (Å²) in [6, 6.07) is 56.5. The summed E-state index contributed by atoms with van der Waals surface area (Å²) in [4.78, 5) is 10.2. The summed E-state index contributed by atoms with van der Waals surface area (Å²) in [6.07, 6.45) is 3.96. The van der Waals surface area contributed by atoms with E-state index in [9.17, 15) is 0 Å². The number of aromatic nitrogens is 5. The largest absolute Gasteiger partial charge is 0.457 e. The molecule has 0 aliphatic carbocycles. The third kappa shape index (κ3) is 6.00. The van der Waals surface area contributed by atoms with Crippen molar-refractivity contribution in [3.05, 3.63) is 187 Å². The molecule has 5 aromatic heterocycles. The lowest BCUT2D eigenvalue weighted by Crippen LogP contribution is -2.05. The van der Waals surface area contributed by atoms with Crippen molar-refractivity contribution in [3.63, 3.8) is 0 Å². The van der Waals surface area contributed by atoms with Crippen LogP contribution >= 0.6 is 0 Å². The first-order valence-electron chi connectivity index (χ1n) is 22.9. The smallest absolute Gasteiger partial charge is 0.145 e. The van der Waals surface area contributed by atoms with Gasteiger partial charge in [-0.05, 0) is 113 Å². The highest BCUT2D eigenvalue weighted by molar-refractivity contribution is 6.26. The Hall–Kier alpha value is -7.70. The zero-order chi connectivity index (χ0) is 44.1. The molecular weight excluding hydrogens is 795 g/mol. The minimum Gasteiger partial charge on any atom is -0.457 e. The molecule has 7 aromatic carbocycles. The molecule has 0 amide bonds. The number of pyridine rings is 2. The number of benzene rings is 7. The maximum absolute atomic E-state index is 6.92. The summed E-state index contributed by atoms with van der Waals surface area (Å²) in [5.41, 5.74) is 14.2. The molecule has 12 rings (SSSR count). The Morgan fingerprint density at radius 1 is 0.462 bits per heavy atom. The van der Waals surface area contributed by atoms with Gasteiger partial charge in [0.05, 0.1) is 39.5 Å². The lowest BCUT2D eigenvalue weighted by molar-refractivity contribution is 0.484. The molecule has 0 spiro atoms. The van der Waals surface area contributed by atoms with Crippen LogP contribution in [0.4, 0.5) is 0 Å². The van der Waals surface area contributed by atoms with E-state index in [-0.39, 0.29) is 0 Å². The van der Waals surface area contributed by atoms with Crippen LogP contribution in [0.5, 0.6) is 11.5 Å². The molecule has 6 nitrogen and oxygen atoms in total. The number of nitrogens with zero attached hydrogens (tertiary/aromatic N) is 5. The topological polar surface area (TPSA) is 49.3 Å². The highest BCUT2D eigenvalue weighted by atomic mass is 16.5. The Labute approximate surface area is 378 Å². The van der Waals surface area contributed by atoms with E-state index in [4.69, 9.17) is 14.7 Å². The van der Waals surface area contributed by atoms with Gasteiger partial charge in [0.2, 0.25) is 0 Å². The van der Waals surface area contributed by atoms with Crippen molar-refractivity contribution in [3.8, 4) is 34.3 Å². The molecule has 0 aliphatic rings. The fourth-order valence-corrected chi connectivity index (χ4v) is 10.4. The van der Waals surface area contributed by atoms with Crippen molar-refractivity contribution in [2.45, 2.75) is 59.3 Å². The highest BCUT2D eigenvalue weighted by Gasteiger charge is 2.25. The van der Waals surface area contributed by atoms with Gasteiger partial charge in [-0.25, -0.2) is 9.97 Å². The van der Waals surface area contributed by atoms with Crippen LogP contribution in [0.25, 0.3) is 93.7 Å². The van der Waals surface area contributed by atoms with E-state index in [2.05, 4.69) is 213 Å². The number of fused-ring (bicyclic) bond motifs is 13. The average Bonchev–Trinajstić information content (AvgIpc) is 4.02. The monoisotopic (exact) mass is 843 g/mol. The van der Waals surface area contributed by atoms with E-state index in [1.54, 1.807) is 0 Å². The van der Waals surface area contributed by atoms with Crippen LogP contribution in [-0.4, -0.2) is 23.5 Å². The molecular formula is C59H49N5O. The Bertz CT molecular complexity index is 3800. The third-order valence-corrected chi connectivity index (χ3v) is 13.5. The Morgan fingerprint density at radius 2 is 1.11 bits per heavy atom. The number of imidazole rings is 1. The van der Waals surface area contributed by atoms with E-state index in [1.807, 2.05) is 12.3 Å². The minimum absolute atomic E-state index is 0.341. The van der Waals surface area contributed by atoms with Crippen LogP contribution in [0.15, 0.2) is 170 Å². The van der Waals surface area contributed by atoms with Crippen molar-refractivity contribution in [1.29, 1.82) is 0 Å². The molecule has 0 atom stereocenters. The SMILES string of the molecule is CC(C)c1cc(C(C)C)c(-c2cnc3c4cc(Oc5ccc6c7ccc8c(c9ccccc9n8-c8ccccc8)c7n(-c7ccccn7)c6c5)ccc4c4ccccc4n23)c(C(C)C)c1. The van der Waals surface area contributed by atoms with E-state index in [0.29, 0.717) is 17.8 Å². The van der Waals surface area contributed by atoms with Gasteiger partial charge in [0.25, 0.3) is 0 Å². The van der Waals surface area contributed by atoms with Gasteiger partial charge < -0.3 is 9.30 Å². The van der Waals surface area contributed by atoms with Crippen molar-refractivity contribution in [2.24, 2.45) is 0 Å². The molecule has 0 bridgehead atoms. The van der Waals surface area contributed by atoms with Gasteiger partial charge in [0.15, 0.2) is 0 Å². The molecule has 0 saturated heterocycles. The van der Waals surface area contributed by atoms with E-state index in [0.717, 1.165) is 83.5 Å². The summed E-state index contributed by atoms with van der Waals surface area (Å²) >= 11 is 0.